The molecule has 0 bridgehead atoms. The minimum atomic E-state index is -0.476. The summed E-state index contributed by atoms with van der Waals surface area (Å²) in [6.45, 7) is 3.66. The highest BCUT2D eigenvalue weighted by Crippen LogP contribution is 2.21. The fraction of sp³-hybridized carbons (Fsp3) is 0.167. The molecule has 32 heavy (non-hydrogen) atoms. The second kappa shape index (κ2) is 9.20. The summed E-state index contributed by atoms with van der Waals surface area (Å²) >= 11 is 6.14. The number of nitrogens with zero attached hydrogens (tertiary/aromatic N) is 2. The molecule has 2 unspecified atom stereocenters. The predicted octanol–water partition coefficient (Wildman–Crippen LogP) is 4.21. The Morgan fingerprint density at radius 2 is 1.81 bits per heavy atom. The summed E-state index contributed by atoms with van der Waals surface area (Å²) in [6, 6.07) is 13.6. The van der Waals surface area contributed by atoms with Crippen molar-refractivity contribution in [1.29, 1.82) is 0 Å². The van der Waals surface area contributed by atoms with E-state index >= 15 is 0 Å². The van der Waals surface area contributed by atoms with E-state index in [1.807, 2.05) is 50.2 Å². The van der Waals surface area contributed by atoms with Gasteiger partial charge < -0.3 is 15.6 Å². The number of amides is 2. The first kappa shape index (κ1) is 21.5. The molecule has 0 fully saturated rings. The van der Waals surface area contributed by atoms with Crippen LogP contribution in [0.4, 0.5) is 0 Å². The third-order valence-electron chi connectivity index (χ3n) is 5.28. The van der Waals surface area contributed by atoms with Gasteiger partial charge in [-0.2, -0.15) is 0 Å². The topological polar surface area (TPSA) is 99.8 Å². The van der Waals surface area contributed by atoms with Crippen molar-refractivity contribution in [2.45, 2.75) is 25.9 Å². The number of nitrogens with one attached hydrogen (secondary N) is 3. The van der Waals surface area contributed by atoms with Gasteiger partial charge in [-0.25, -0.2) is 4.98 Å². The molecule has 3 aromatic heterocycles. The SMILES string of the molecule is Cc1cnc(C(=O)NC(C)C(NC(=O)c2ccnc3[nH]ccc23)c2ccccc2)cc1Cl. The Kier molecular flexibility index (Phi) is 6.18. The van der Waals surface area contributed by atoms with Crippen LogP contribution in [0.25, 0.3) is 11.0 Å². The van der Waals surface area contributed by atoms with E-state index in [-0.39, 0.29) is 17.5 Å². The van der Waals surface area contributed by atoms with E-state index in [0.717, 1.165) is 16.5 Å². The molecular weight excluding hydrogens is 426 g/mol. The average Bonchev–Trinajstić information content (AvgIpc) is 3.28. The zero-order valence-electron chi connectivity index (χ0n) is 17.6. The van der Waals surface area contributed by atoms with Crippen molar-refractivity contribution in [1.82, 2.24) is 25.6 Å². The van der Waals surface area contributed by atoms with Crippen molar-refractivity contribution in [3.8, 4) is 0 Å². The fourth-order valence-corrected chi connectivity index (χ4v) is 3.67. The summed E-state index contributed by atoms with van der Waals surface area (Å²) in [5, 5.41) is 7.20. The average molecular weight is 448 g/mol. The van der Waals surface area contributed by atoms with Gasteiger partial charge in [-0.15, -0.1) is 0 Å². The number of halogens is 1. The van der Waals surface area contributed by atoms with E-state index in [0.29, 0.717) is 16.2 Å². The molecule has 3 heterocycles. The predicted molar refractivity (Wildman–Crippen MR) is 124 cm³/mol. The van der Waals surface area contributed by atoms with Crippen LogP contribution in [-0.4, -0.2) is 32.8 Å². The Labute approximate surface area is 190 Å². The monoisotopic (exact) mass is 447 g/mol. The van der Waals surface area contributed by atoms with Gasteiger partial charge in [0.25, 0.3) is 11.8 Å². The van der Waals surface area contributed by atoms with Crippen LogP contribution in [0.3, 0.4) is 0 Å². The number of hydrogen-bond donors (Lipinski definition) is 3. The molecule has 0 aliphatic heterocycles. The first-order valence-electron chi connectivity index (χ1n) is 10.1. The van der Waals surface area contributed by atoms with Gasteiger partial charge in [-0.1, -0.05) is 41.9 Å². The second-order valence-electron chi connectivity index (χ2n) is 7.54. The number of carbonyl (C=O) groups excluding carboxylic acids is 2. The lowest BCUT2D eigenvalue weighted by Crippen LogP contribution is -2.44. The Balaban J connectivity index is 1.59. The Hall–Kier alpha value is -3.71. The Bertz CT molecular complexity index is 1270. The molecule has 0 radical (unpaired) electrons. The lowest BCUT2D eigenvalue weighted by molar-refractivity contribution is 0.0885. The van der Waals surface area contributed by atoms with Crippen molar-refractivity contribution in [2.24, 2.45) is 0 Å². The fourth-order valence-electron chi connectivity index (χ4n) is 3.52. The first-order valence-corrected chi connectivity index (χ1v) is 10.5. The normalized spacial score (nSPS) is 12.8. The van der Waals surface area contributed by atoms with E-state index in [1.165, 1.54) is 6.07 Å². The maximum atomic E-state index is 13.2. The molecule has 0 saturated carbocycles. The number of carbonyl (C=O) groups is 2. The van der Waals surface area contributed by atoms with Gasteiger partial charge >= 0.3 is 0 Å². The molecule has 8 heteroatoms. The number of aryl methyl sites for hydroxylation is 1. The van der Waals surface area contributed by atoms with Crippen LogP contribution in [0.15, 0.2) is 67.1 Å². The van der Waals surface area contributed by atoms with Gasteiger partial charge in [0.05, 0.1) is 17.6 Å². The van der Waals surface area contributed by atoms with Crippen LogP contribution in [0.1, 0.15) is 44.9 Å². The highest BCUT2D eigenvalue weighted by molar-refractivity contribution is 6.31. The summed E-state index contributed by atoms with van der Waals surface area (Å²) in [4.78, 5) is 37.4. The summed E-state index contributed by atoms with van der Waals surface area (Å²) in [7, 11) is 0. The summed E-state index contributed by atoms with van der Waals surface area (Å²) in [6.07, 6.45) is 4.89. The Morgan fingerprint density at radius 3 is 2.56 bits per heavy atom. The van der Waals surface area contributed by atoms with Crippen molar-refractivity contribution in [3.63, 3.8) is 0 Å². The molecule has 4 rings (SSSR count). The van der Waals surface area contributed by atoms with E-state index in [9.17, 15) is 9.59 Å². The number of fused-ring (bicyclic) bond motifs is 1. The molecule has 2 atom stereocenters. The molecule has 4 aromatic rings. The van der Waals surface area contributed by atoms with Gasteiger partial charge in [0, 0.05) is 29.0 Å². The van der Waals surface area contributed by atoms with Crippen LogP contribution in [0.5, 0.6) is 0 Å². The van der Waals surface area contributed by atoms with Gasteiger partial charge in [-0.3, -0.25) is 14.6 Å². The molecule has 3 N–H and O–H groups in total. The lowest BCUT2D eigenvalue weighted by atomic mass is 9.99. The maximum Gasteiger partial charge on any atom is 0.270 e. The number of H-pyrrole nitrogens is 1. The molecule has 7 nitrogen and oxygen atoms in total. The summed E-state index contributed by atoms with van der Waals surface area (Å²) in [5.41, 5.74) is 3.01. The highest BCUT2D eigenvalue weighted by atomic mass is 35.5. The molecule has 0 aliphatic carbocycles. The third kappa shape index (κ3) is 4.48. The highest BCUT2D eigenvalue weighted by Gasteiger charge is 2.25. The largest absolute Gasteiger partial charge is 0.346 e. The second-order valence-corrected chi connectivity index (χ2v) is 7.95. The number of benzene rings is 1. The van der Waals surface area contributed by atoms with E-state index in [1.54, 1.807) is 24.7 Å². The number of aromatic nitrogens is 3. The van der Waals surface area contributed by atoms with Gasteiger partial charge in [0.15, 0.2) is 0 Å². The molecule has 1 aromatic carbocycles. The molecule has 0 spiro atoms. The number of hydrogen-bond acceptors (Lipinski definition) is 4. The van der Waals surface area contributed by atoms with Gasteiger partial charge in [-0.05, 0) is 43.2 Å². The number of rotatable bonds is 6. The van der Waals surface area contributed by atoms with Crippen LogP contribution in [-0.2, 0) is 0 Å². The van der Waals surface area contributed by atoms with Crippen LogP contribution in [0.2, 0.25) is 5.02 Å². The van der Waals surface area contributed by atoms with Crippen molar-refractivity contribution in [2.75, 3.05) is 0 Å². The minimum Gasteiger partial charge on any atom is -0.346 e. The standard InChI is InChI=1S/C24H22ClN5O2/c1-14-13-28-20(12-19(14)25)24(32)29-15(2)21(16-6-4-3-5-7-16)30-23(31)18-9-11-27-22-17(18)8-10-26-22/h3-13,15,21H,1-2H3,(H,26,27)(H,29,32)(H,30,31). The lowest BCUT2D eigenvalue weighted by Gasteiger charge is -2.26. The van der Waals surface area contributed by atoms with Crippen molar-refractivity contribution in [3.05, 3.63) is 94.5 Å². The van der Waals surface area contributed by atoms with E-state index < -0.39 is 12.1 Å². The van der Waals surface area contributed by atoms with E-state index in [2.05, 4.69) is 25.6 Å². The molecule has 0 saturated heterocycles. The third-order valence-corrected chi connectivity index (χ3v) is 5.69. The zero-order chi connectivity index (χ0) is 22.7. The summed E-state index contributed by atoms with van der Waals surface area (Å²) < 4.78 is 0. The Morgan fingerprint density at radius 1 is 1.03 bits per heavy atom. The molecular formula is C24H22ClN5O2. The molecule has 162 valence electrons. The molecule has 0 aliphatic rings. The number of aromatic amines is 1. The van der Waals surface area contributed by atoms with Crippen LogP contribution >= 0.6 is 11.6 Å². The smallest absolute Gasteiger partial charge is 0.270 e. The van der Waals surface area contributed by atoms with Crippen molar-refractivity contribution >= 4 is 34.4 Å². The van der Waals surface area contributed by atoms with Crippen molar-refractivity contribution < 1.29 is 9.59 Å². The quantitative estimate of drug-likeness (QED) is 0.412. The van der Waals surface area contributed by atoms with E-state index in [4.69, 9.17) is 11.6 Å². The summed E-state index contributed by atoms with van der Waals surface area (Å²) in [5.74, 6) is -0.630. The first-order chi connectivity index (χ1) is 15.4. The van der Waals surface area contributed by atoms with Crippen LogP contribution in [0, 0.1) is 6.92 Å². The van der Waals surface area contributed by atoms with Gasteiger partial charge in [0.2, 0.25) is 0 Å². The zero-order valence-corrected chi connectivity index (χ0v) is 18.4. The minimum absolute atomic E-state index is 0.216. The number of pyridine rings is 2. The maximum absolute atomic E-state index is 13.2. The molecule has 2 amide bonds. The van der Waals surface area contributed by atoms with Crippen LogP contribution < -0.4 is 10.6 Å². The van der Waals surface area contributed by atoms with Gasteiger partial charge in [0.1, 0.15) is 11.3 Å².